The molecule has 0 spiro atoms. The summed E-state index contributed by atoms with van der Waals surface area (Å²) in [4.78, 5) is 10.1. The van der Waals surface area contributed by atoms with Gasteiger partial charge in [0.05, 0.1) is 22.2 Å². The van der Waals surface area contributed by atoms with Crippen molar-refractivity contribution in [3.8, 4) is 28.3 Å². The highest BCUT2D eigenvalue weighted by Gasteiger charge is 2.18. The Morgan fingerprint density at radius 2 is 0.915 bits per heavy atom. The lowest BCUT2D eigenvalue weighted by Gasteiger charge is -2.13. The van der Waals surface area contributed by atoms with E-state index in [1.54, 1.807) is 0 Å². The van der Waals surface area contributed by atoms with Crippen LogP contribution in [-0.4, -0.2) is 14.5 Å². The van der Waals surface area contributed by atoms with Gasteiger partial charge in [-0.15, -0.1) is 0 Å². The van der Waals surface area contributed by atoms with E-state index in [0.29, 0.717) is 0 Å². The molecular weight excluding hydrogens is 571 g/mol. The lowest BCUT2D eigenvalue weighted by molar-refractivity contribution is 1.17. The van der Waals surface area contributed by atoms with Gasteiger partial charge in [0, 0.05) is 38.4 Å². The number of benzene rings is 8. The highest BCUT2D eigenvalue weighted by atomic mass is 15.0. The largest absolute Gasteiger partial charge is 0.309 e. The van der Waals surface area contributed by atoms with Crippen molar-refractivity contribution in [2.24, 2.45) is 0 Å². The standard InChI is InChI=1S/C44H27N3/c1-2-12-28(13-3-1)43-36-18-8-10-20-38(36)45-44(46-43)29-22-24-30(25-23-29)47-39-21-11-9-19-37(39)42-40(47)27-26-35-33-16-5-4-14-31(33)32-15-6-7-17-34(32)41(35)42/h1-27H. The summed E-state index contributed by atoms with van der Waals surface area (Å²) in [5, 5.41) is 11.3. The van der Waals surface area contributed by atoms with Gasteiger partial charge in [0.1, 0.15) is 0 Å². The van der Waals surface area contributed by atoms with Crippen LogP contribution >= 0.6 is 0 Å². The molecule has 2 heterocycles. The van der Waals surface area contributed by atoms with E-state index in [4.69, 9.17) is 9.97 Å². The van der Waals surface area contributed by atoms with Gasteiger partial charge in [-0.1, -0.05) is 121 Å². The van der Waals surface area contributed by atoms with Crippen molar-refractivity contribution in [1.29, 1.82) is 0 Å². The molecule has 0 aliphatic rings. The molecule has 47 heavy (non-hydrogen) atoms. The maximum Gasteiger partial charge on any atom is 0.160 e. The molecule has 0 amide bonds. The third-order valence-electron chi connectivity index (χ3n) is 9.58. The molecule has 0 aliphatic heterocycles. The molecule has 0 unspecified atom stereocenters. The molecule has 3 heteroatoms. The van der Waals surface area contributed by atoms with Crippen LogP contribution in [0.5, 0.6) is 0 Å². The Morgan fingerprint density at radius 3 is 1.66 bits per heavy atom. The minimum absolute atomic E-state index is 0.723. The number of fused-ring (bicyclic) bond motifs is 11. The minimum Gasteiger partial charge on any atom is -0.309 e. The van der Waals surface area contributed by atoms with Crippen molar-refractivity contribution >= 4 is 65.0 Å². The average molecular weight is 598 g/mol. The van der Waals surface area contributed by atoms with Gasteiger partial charge >= 0.3 is 0 Å². The molecule has 0 radical (unpaired) electrons. The first-order valence-corrected chi connectivity index (χ1v) is 16.0. The number of rotatable bonds is 3. The van der Waals surface area contributed by atoms with Crippen LogP contribution in [-0.2, 0) is 0 Å². The van der Waals surface area contributed by atoms with Crippen molar-refractivity contribution in [2.45, 2.75) is 0 Å². The molecule has 0 atom stereocenters. The molecule has 2 aromatic heterocycles. The van der Waals surface area contributed by atoms with Crippen LogP contribution in [0.15, 0.2) is 164 Å². The highest BCUT2D eigenvalue weighted by Crippen LogP contribution is 2.43. The van der Waals surface area contributed by atoms with Crippen LogP contribution < -0.4 is 0 Å². The summed E-state index contributed by atoms with van der Waals surface area (Å²) >= 11 is 0. The Kier molecular flexibility index (Phi) is 5.57. The van der Waals surface area contributed by atoms with Crippen LogP contribution in [0.2, 0.25) is 0 Å². The Morgan fingerprint density at radius 1 is 0.340 bits per heavy atom. The Bertz CT molecular complexity index is 2790. The molecular formula is C44H27N3. The summed E-state index contributed by atoms with van der Waals surface area (Å²) in [6.07, 6.45) is 0. The van der Waals surface area contributed by atoms with Crippen LogP contribution in [0.3, 0.4) is 0 Å². The molecule has 0 N–H and O–H groups in total. The third kappa shape index (κ3) is 3.87. The first-order chi connectivity index (χ1) is 23.3. The number of hydrogen-bond donors (Lipinski definition) is 0. The SMILES string of the molecule is c1ccc(-c2nc(-c3ccc(-n4c5ccccc5c5c6c7ccccc7c7ccccc7c6ccc54)cc3)nc3ccccc23)cc1. The van der Waals surface area contributed by atoms with Gasteiger partial charge in [-0.3, -0.25) is 0 Å². The molecule has 3 nitrogen and oxygen atoms in total. The van der Waals surface area contributed by atoms with Crippen LogP contribution in [0.4, 0.5) is 0 Å². The summed E-state index contributed by atoms with van der Waals surface area (Å²) in [6, 6.07) is 58.3. The fourth-order valence-corrected chi connectivity index (χ4v) is 7.51. The Labute approximate surface area is 271 Å². The van der Waals surface area contributed by atoms with Crippen LogP contribution in [0.25, 0.3) is 93.4 Å². The number of nitrogens with zero attached hydrogens (tertiary/aromatic N) is 3. The molecule has 0 bridgehead atoms. The monoisotopic (exact) mass is 597 g/mol. The second-order valence-electron chi connectivity index (χ2n) is 12.2. The Balaban J connectivity index is 1.20. The zero-order chi connectivity index (χ0) is 30.9. The van der Waals surface area contributed by atoms with Gasteiger partial charge in [0.15, 0.2) is 5.82 Å². The average Bonchev–Trinajstić information content (AvgIpc) is 3.49. The summed E-state index contributed by atoms with van der Waals surface area (Å²) in [6.45, 7) is 0. The van der Waals surface area contributed by atoms with Crippen molar-refractivity contribution in [3.63, 3.8) is 0 Å². The number of hydrogen-bond acceptors (Lipinski definition) is 2. The van der Waals surface area contributed by atoms with Gasteiger partial charge in [0.2, 0.25) is 0 Å². The molecule has 10 aromatic rings. The molecule has 218 valence electrons. The summed E-state index contributed by atoms with van der Waals surface area (Å²) in [5.41, 5.74) is 7.45. The van der Waals surface area contributed by atoms with Crippen molar-refractivity contribution in [1.82, 2.24) is 14.5 Å². The van der Waals surface area contributed by atoms with Gasteiger partial charge in [-0.05, 0) is 69.4 Å². The van der Waals surface area contributed by atoms with Gasteiger partial charge in [-0.2, -0.15) is 0 Å². The quantitative estimate of drug-likeness (QED) is 0.190. The lowest BCUT2D eigenvalue weighted by Crippen LogP contribution is -1.97. The predicted octanol–water partition coefficient (Wildman–Crippen LogP) is 11.5. The van der Waals surface area contributed by atoms with E-state index in [-0.39, 0.29) is 0 Å². The molecule has 0 aliphatic carbocycles. The summed E-state index contributed by atoms with van der Waals surface area (Å²) in [5.74, 6) is 0.723. The van der Waals surface area contributed by atoms with E-state index in [1.807, 2.05) is 18.2 Å². The summed E-state index contributed by atoms with van der Waals surface area (Å²) in [7, 11) is 0. The normalized spacial score (nSPS) is 11.8. The Hall–Kier alpha value is -6.32. The predicted molar refractivity (Wildman–Crippen MR) is 197 cm³/mol. The lowest BCUT2D eigenvalue weighted by atomic mass is 9.92. The second kappa shape index (κ2) is 10.1. The van der Waals surface area contributed by atoms with Crippen molar-refractivity contribution in [3.05, 3.63) is 164 Å². The zero-order valence-electron chi connectivity index (χ0n) is 25.4. The second-order valence-corrected chi connectivity index (χ2v) is 12.2. The molecule has 0 saturated carbocycles. The first kappa shape index (κ1) is 26.0. The van der Waals surface area contributed by atoms with E-state index in [2.05, 4.69) is 150 Å². The topological polar surface area (TPSA) is 30.7 Å². The maximum atomic E-state index is 5.10. The van der Waals surface area contributed by atoms with E-state index in [1.165, 1.54) is 54.1 Å². The number of aromatic nitrogens is 3. The molecule has 0 saturated heterocycles. The fraction of sp³-hybridized carbons (Fsp3) is 0. The number of para-hydroxylation sites is 2. The molecule has 0 fully saturated rings. The third-order valence-corrected chi connectivity index (χ3v) is 9.58. The van der Waals surface area contributed by atoms with Crippen LogP contribution in [0.1, 0.15) is 0 Å². The fourth-order valence-electron chi connectivity index (χ4n) is 7.51. The van der Waals surface area contributed by atoms with Gasteiger partial charge in [0.25, 0.3) is 0 Å². The molecule has 8 aromatic carbocycles. The minimum atomic E-state index is 0.723. The van der Waals surface area contributed by atoms with E-state index < -0.39 is 0 Å². The van der Waals surface area contributed by atoms with Crippen molar-refractivity contribution in [2.75, 3.05) is 0 Å². The zero-order valence-corrected chi connectivity index (χ0v) is 25.4. The summed E-state index contributed by atoms with van der Waals surface area (Å²) < 4.78 is 2.40. The van der Waals surface area contributed by atoms with Crippen LogP contribution in [0, 0.1) is 0 Å². The van der Waals surface area contributed by atoms with Gasteiger partial charge in [-0.25, -0.2) is 9.97 Å². The van der Waals surface area contributed by atoms with E-state index in [0.717, 1.165) is 39.2 Å². The highest BCUT2D eigenvalue weighted by molar-refractivity contribution is 6.35. The van der Waals surface area contributed by atoms with E-state index in [9.17, 15) is 0 Å². The first-order valence-electron chi connectivity index (χ1n) is 16.0. The smallest absolute Gasteiger partial charge is 0.160 e. The maximum absolute atomic E-state index is 5.10. The van der Waals surface area contributed by atoms with Crippen molar-refractivity contribution < 1.29 is 0 Å². The van der Waals surface area contributed by atoms with Gasteiger partial charge < -0.3 is 4.57 Å². The molecule has 10 rings (SSSR count). The van der Waals surface area contributed by atoms with E-state index >= 15 is 0 Å².